The average molecular weight is 447 g/mol. The average Bonchev–Trinajstić information content (AvgIpc) is 3.14. The Bertz CT molecular complexity index is 963. The second-order valence-corrected chi connectivity index (χ2v) is 9.41. The zero-order chi connectivity index (χ0) is 20.5. The van der Waals surface area contributed by atoms with Gasteiger partial charge in [0.25, 0.3) is 0 Å². The maximum absolute atomic E-state index is 12.2. The number of unbranched alkanes of at least 4 members (excludes halogenated alkanes) is 1. The third-order valence-corrected chi connectivity index (χ3v) is 6.93. The van der Waals surface area contributed by atoms with Crippen LogP contribution in [-0.2, 0) is 9.59 Å². The van der Waals surface area contributed by atoms with Crippen molar-refractivity contribution >= 4 is 62.6 Å². The van der Waals surface area contributed by atoms with Gasteiger partial charge in [-0.1, -0.05) is 42.9 Å². The van der Waals surface area contributed by atoms with Crippen LogP contribution in [0.15, 0.2) is 52.0 Å². The molecule has 0 saturated carbocycles. The van der Waals surface area contributed by atoms with Crippen molar-refractivity contribution in [3.05, 3.63) is 42.6 Å². The molecule has 2 aromatic heterocycles. The fraction of sp³-hybridized carbons (Fsp3) is 0.300. The molecule has 2 N–H and O–H groups in total. The van der Waals surface area contributed by atoms with E-state index in [4.69, 9.17) is 0 Å². The first-order valence-electron chi connectivity index (χ1n) is 9.28. The summed E-state index contributed by atoms with van der Waals surface area (Å²) in [6.07, 6.45) is 3.76. The summed E-state index contributed by atoms with van der Waals surface area (Å²) in [5.41, 5.74) is 1.60. The summed E-state index contributed by atoms with van der Waals surface area (Å²) < 4.78 is 1.83. The van der Waals surface area contributed by atoms with E-state index in [9.17, 15) is 9.59 Å². The van der Waals surface area contributed by atoms with Gasteiger partial charge in [0.15, 0.2) is 4.34 Å². The second kappa shape index (κ2) is 11.2. The lowest BCUT2D eigenvalue weighted by Gasteiger charge is -2.04. The summed E-state index contributed by atoms with van der Waals surface area (Å²) in [6.45, 7) is 2.81. The molecule has 0 fully saturated rings. The van der Waals surface area contributed by atoms with E-state index >= 15 is 0 Å². The SMILES string of the molecule is CCCCNC(=O)CSc1nc2ccc(NC(=O)CSc3ccccn3)cc2s1. The van der Waals surface area contributed by atoms with Gasteiger partial charge in [-0.15, -0.1) is 11.3 Å². The number of rotatable bonds is 10. The van der Waals surface area contributed by atoms with E-state index < -0.39 is 0 Å². The third-order valence-electron chi connectivity index (χ3n) is 3.82. The van der Waals surface area contributed by atoms with E-state index in [1.807, 2.05) is 36.4 Å². The number of nitrogens with one attached hydrogen (secondary N) is 2. The normalized spacial score (nSPS) is 10.8. The van der Waals surface area contributed by atoms with Gasteiger partial charge < -0.3 is 10.6 Å². The number of carbonyl (C=O) groups is 2. The van der Waals surface area contributed by atoms with E-state index in [0.29, 0.717) is 11.5 Å². The summed E-state index contributed by atoms with van der Waals surface area (Å²) in [5, 5.41) is 6.64. The molecule has 0 aliphatic heterocycles. The highest BCUT2D eigenvalue weighted by Crippen LogP contribution is 2.31. The van der Waals surface area contributed by atoms with Crippen LogP contribution in [0.25, 0.3) is 10.2 Å². The third kappa shape index (κ3) is 7.02. The highest BCUT2D eigenvalue weighted by molar-refractivity contribution is 8.01. The largest absolute Gasteiger partial charge is 0.355 e. The van der Waals surface area contributed by atoms with Crippen molar-refractivity contribution in [2.45, 2.75) is 29.1 Å². The standard InChI is InChI=1S/C20H22N4O2S3/c1-2-3-9-21-17(25)12-28-20-24-15-8-7-14(11-16(15)29-20)23-18(26)13-27-19-6-4-5-10-22-19/h4-8,10-11H,2-3,9,12-13H2,1H3,(H,21,25)(H,23,26). The Morgan fingerprint density at radius 1 is 1.10 bits per heavy atom. The summed E-state index contributed by atoms with van der Waals surface area (Å²) >= 11 is 4.36. The van der Waals surface area contributed by atoms with Gasteiger partial charge in [0, 0.05) is 18.4 Å². The molecule has 2 heterocycles. The lowest BCUT2D eigenvalue weighted by molar-refractivity contribution is -0.118. The van der Waals surface area contributed by atoms with E-state index in [1.165, 1.54) is 34.9 Å². The first-order chi connectivity index (χ1) is 14.1. The molecule has 0 spiro atoms. The van der Waals surface area contributed by atoms with Gasteiger partial charge in [0.1, 0.15) is 0 Å². The Labute approximate surface area is 182 Å². The molecule has 1 aromatic carbocycles. The van der Waals surface area contributed by atoms with Gasteiger partial charge >= 0.3 is 0 Å². The summed E-state index contributed by atoms with van der Waals surface area (Å²) in [5.74, 6) is 0.605. The minimum atomic E-state index is -0.0807. The molecular formula is C20H22N4O2S3. The van der Waals surface area contributed by atoms with Crippen LogP contribution in [0.4, 0.5) is 5.69 Å². The molecule has 9 heteroatoms. The zero-order valence-corrected chi connectivity index (χ0v) is 18.5. The van der Waals surface area contributed by atoms with Gasteiger partial charge in [-0.25, -0.2) is 9.97 Å². The van der Waals surface area contributed by atoms with Crippen molar-refractivity contribution in [2.75, 3.05) is 23.4 Å². The van der Waals surface area contributed by atoms with Crippen LogP contribution in [0.2, 0.25) is 0 Å². The molecule has 3 aromatic rings. The van der Waals surface area contributed by atoms with E-state index in [-0.39, 0.29) is 11.8 Å². The predicted molar refractivity (Wildman–Crippen MR) is 122 cm³/mol. The highest BCUT2D eigenvalue weighted by atomic mass is 32.2. The Morgan fingerprint density at radius 2 is 1.97 bits per heavy atom. The van der Waals surface area contributed by atoms with E-state index in [0.717, 1.165) is 44.7 Å². The van der Waals surface area contributed by atoms with E-state index in [2.05, 4.69) is 27.5 Å². The minimum Gasteiger partial charge on any atom is -0.355 e. The molecule has 6 nitrogen and oxygen atoms in total. The number of hydrogen-bond donors (Lipinski definition) is 2. The smallest absolute Gasteiger partial charge is 0.234 e. The van der Waals surface area contributed by atoms with Gasteiger partial charge in [0.05, 0.1) is 26.7 Å². The van der Waals surface area contributed by atoms with Crippen LogP contribution in [0.5, 0.6) is 0 Å². The fourth-order valence-corrected chi connectivity index (χ4v) is 4.99. The zero-order valence-electron chi connectivity index (χ0n) is 16.0. The molecule has 0 radical (unpaired) electrons. The summed E-state index contributed by atoms with van der Waals surface area (Å²) in [7, 11) is 0. The lowest BCUT2D eigenvalue weighted by Crippen LogP contribution is -2.25. The number of thiazole rings is 1. The maximum atomic E-state index is 12.2. The van der Waals surface area contributed by atoms with Crippen LogP contribution in [0, 0.1) is 0 Å². The molecule has 3 rings (SSSR count). The highest BCUT2D eigenvalue weighted by Gasteiger charge is 2.10. The lowest BCUT2D eigenvalue weighted by atomic mass is 10.3. The van der Waals surface area contributed by atoms with Crippen molar-refractivity contribution in [3.8, 4) is 0 Å². The molecule has 0 unspecified atom stereocenters. The van der Waals surface area contributed by atoms with Crippen LogP contribution in [-0.4, -0.2) is 39.8 Å². The quantitative estimate of drug-likeness (QED) is 0.354. The number of amides is 2. The van der Waals surface area contributed by atoms with Crippen LogP contribution >= 0.6 is 34.9 Å². The Balaban J connectivity index is 1.52. The topological polar surface area (TPSA) is 84.0 Å². The van der Waals surface area contributed by atoms with Crippen LogP contribution in [0.1, 0.15) is 19.8 Å². The fourth-order valence-electron chi connectivity index (χ4n) is 2.39. The molecular weight excluding hydrogens is 424 g/mol. The predicted octanol–water partition coefficient (Wildman–Crippen LogP) is 4.43. The molecule has 2 amide bonds. The first-order valence-corrected chi connectivity index (χ1v) is 12.1. The molecule has 0 saturated heterocycles. The maximum Gasteiger partial charge on any atom is 0.234 e. The Kier molecular flexibility index (Phi) is 8.33. The second-order valence-electron chi connectivity index (χ2n) is 6.16. The van der Waals surface area contributed by atoms with Crippen molar-refractivity contribution < 1.29 is 9.59 Å². The molecule has 0 aliphatic carbocycles. The monoisotopic (exact) mass is 446 g/mol. The summed E-state index contributed by atoms with van der Waals surface area (Å²) in [6, 6.07) is 11.3. The number of nitrogens with zero attached hydrogens (tertiary/aromatic N) is 2. The number of hydrogen-bond acceptors (Lipinski definition) is 7. The molecule has 152 valence electrons. The van der Waals surface area contributed by atoms with Gasteiger partial charge in [-0.2, -0.15) is 0 Å². The van der Waals surface area contributed by atoms with Crippen LogP contribution in [0.3, 0.4) is 0 Å². The van der Waals surface area contributed by atoms with Crippen molar-refractivity contribution in [1.82, 2.24) is 15.3 Å². The number of benzene rings is 1. The Hall–Kier alpha value is -2.10. The number of thioether (sulfide) groups is 2. The van der Waals surface area contributed by atoms with Crippen molar-refractivity contribution in [2.24, 2.45) is 0 Å². The minimum absolute atomic E-state index is 0.0288. The van der Waals surface area contributed by atoms with Crippen molar-refractivity contribution in [3.63, 3.8) is 0 Å². The van der Waals surface area contributed by atoms with Gasteiger partial charge in [-0.3, -0.25) is 9.59 Å². The van der Waals surface area contributed by atoms with Gasteiger partial charge in [-0.05, 0) is 36.8 Å². The number of carbonyl (C=O) groups excluding carboxylic acids is 2. The first kappa shape index (κ1) is 21.6. The molecule has 29 heavy (non-hydrogen) atoms. The van der Waals surface area contributed by atoms with Gasteiger partial charge in [0.2, 0.25) is 11.8 Å². The number of fused-ring (bicyclic) bond motifs is 1. The van der Waals surface area contributed by atoms with Crippen LogP contribution < -0.4 is 10.6 Å². The number of aromatic nitrogens is 2. The molecule has 0 aliphatic rings. The molecule has 0 bridgehead atoms. The Morgan fingerprint density at radius 3 is 2.76 bits per heavy atom. The van der Waals surface area contributed by atoms with Crippen molar-refractivity contribution in [1.29, 1.82) is 0 Å². The molecule has 0 atom stereocenters. The summed E-state index contributed by atoms with van der Waals surface area (Å²) in [4.78, 5) is 32.8. The number of pyridine rings is 1. The van der Waals surface area contributed by atoms with E-state index in [1.54, 1.807) is 6.20 Å². The number of anilines is 1.